The van der Waals surface area contributed by atoms with E-state index in [9.17, 15) is 4.39 Å². The maximum atomic E-state index is 12.1. The first-order chi connectivity index (χ1) is 4.20. The van der Waals surface area contributed by atoms with Gasteiger partial charge in [-0.1, -0.05) is 11.6 Å². The first-order valence-corrected chi connectivity index (χ1v) is 2.35. The van der Waals surface area contributed by atoms with Crippen LogP contribution in [0.4, 0.5) is 4.39 Å². The van der Waals surface area contributed by atoms with Gasteiger partial charge in [0.25, 0.3) is 0 Å². The van der Waals surface area contributed by atoms with Crippen molar-refractivity contribution in [1.82, 2.24) is 4.98 Å². The van der Waals surface area contributed by atoms with E-state index in [1.807, 2.05) is 0 Å². The predicted octanol–water partition coefficient (Wildman–Crippen LogP) is 1.87. The highest BCUT2D eigenvalue weighted by Gasteiger charge is 1.87. The van der Waals surface area contributed by atoms with Crippen molar-refractivity contribution in [2.45, 2.75) is 0 Å². The Labute approximate surface area is 52.5 Å². The lowest BCUT2D eigenvalue weighted by atomic mass is 10.5. The van der Waals surface area contributed by atoms with Crippen molar-refractivity contribution in [2.24, 2.45) is 0 Å². The minimum atomic E-state index is -0.518. The van der Waals surface area contributed by atoms with E-state index in [0.717, 1.165) is 12.3 Å². The van der Waals surface area contributed by atoms with Gasteiger partial charge in [0.05, 0.1) is 12.6 Å². The van der Waals surface area contributed by atoms with E-state index >= 15 is 0 Å². The summed E-state index contributed by atoms with van der Waals surface area (Å²) in [6.07, 6.45) is 0.854. The molecule has 0 aliphatic heterocycles. The molecule has 1 rings (SSSR count). The highest BCUT2D eigenvalue weighted by atomic mass is 35.5. The molecule has 0 unspecified atom stereocenters. The quantitative estimate of drug-likeness (QED) is 0.525. The van der Waals surface area contributed by atoms with Crippen molar-refractivity contribution in [3.63, 3.8) is 0 Å². The summed E-state index contributed by atoms with van der Waals surface area (Å²) in [5.74, 6) is -0.518. The lowest BCUT2D eigenvalue weighted by molar-refractivity contribution is 0.621. The van der Waals surface area contributed by atoms with E-state index in [2.05, 4.69) is 4.98 Å². The number of aromatic nitrogens is 1. The van der Waals surface area contributed by atoms with Crippen molar-refractivity contribution in [2.75, 3.05) is 0 Å². The van der Waals surface area contributed by atoms with E-state index in [1.54, 1.807) is 0 Å². The lowest BCUT2D eigenvalue weighted by Gasteiger charge is -1.84. The van der Waals surface area contributed by atoms with E-state index in [4.69, 9.17) is 13.0 Å². The zero-order valence-corrected chi connectivity index (χ0v) is 4.61. The fourth-order valence-corrected chi connectivity index (χ4v) is 0.499. The highest BCUT2D eigenvalue weighted by molar-refractivity contribution is 6.30. The van der Waals surface area contributed by atoms with Gasteiger partial charge in [-0.05, 0) is 6.07 Å². The second-order valence-corrected chi connectivity index (χ2v) is 1.65. The van der Waals surface area contributed by atoms with Gasteiger partial charge in [-0.3, -0.25) is 4.98 Å². The number of hydrogen-bond donors (Lipinski definition) is 0. The summed E-state index contributed by atoms with van der Waals surface area (Å²) < 4.78 is 19.0. The van der Waals surface area contributed by atoms with Crippen LogP contribution in [-0.2, 0) is 0 Å². The Kier molecular flexibility index (Phi) is 1.12. The summed E-state index contributed by atoms with van der Waals surface area (Å²) in [5.41, 5.74) is 0. The molecule has 0 saturated carbocycles. The maximum Gasteiger partial charge on any atom is 0.142 e. The lowest BCUT2D eigenvalue weighted by Crippen LogP contribution is -1.74. The fourth-order valence-electron chi connectivity index (χ4n) is 0.346. The van der Waals surface area contributed by atoms with Crippen molar-refractivity contribution in [3.8, 4) is 0 Å². The molecule has 0 saturated heterocycles. The highest BCUT2D eigenvalue weighted by Crippen LogP contribution is 2.05. The van der Waals surface area contributed by atoms with Gasteiger partial charge < -0.3 is 0 Å². The molecule has 0 aromatic carbocycles. The Bertz CT molecular complexity index is 228. The van der Waals surface area contributed by atoms with Crippen molar-refractivity contribution in [1.29, 1.82) is 0 Å². The van der Waals surface area contributed by atoms with Gasteiger partial charge in [-0.15, -0.1) is 0 Å². The molecule has 8 heavy (non-hydrogen) atoms. The Hall–Kier alpha value is -0.630. The van der Waals surface area contributed by atoms with Crippen LogP contribution in [0.1, 0.15) is 1.37 Å². The van der Waals surface area contributed by atoms with E-state index in [0.29, 0.717) is 0 Å². The molecular formula is C5H3ClFN. The second-order valence-electron chi connectivity index (χ2n) is 1.25. The molecule has 0 fully saturated rings. The van der Waals surface area contributed by atoms with Crippen LogP contribution in [0.2, 0.25) is 5.02 Å². The van der Waals surface area contributed by atoms with E-state index in [-0.39, 0.29) is 11.2 Å². The summed E-state index contributed by atoms with van der Waals surface area (Å²) in [6.45, 7) is 0. The van der Waals surface area contributed by atoms with Crippen LogP contribution in [0, 0.1) is 5.82 Å². The zero-order chi connectivity index (χ0) is 6.85. The van der Waals surface area contributed by atoms with Crippen LogP contribution in [0.25, 0.3) is 0 Å². The Morgan fingerprint density at radius 3 is 3.12 bits per heavy atom. The molecule has 0 amide bonds. The van der Waals surface area contributed by atoms with Gasteiger partial charge in [0, 0.05) is 6.17 Å². The largest absolute Gasteiger partial charge is 0.260 e. The van der Waals surface area contributed by atoms with Crippen molar-refractivity contribution in [3.05, 3.63) is 29.3 Å². The fraction of sp³-hybridized carbons (Fsp3) is 0. The van der Waals surface area contributed by atoms with Crippen LogP contribution in [0.15, 0.2) is 18.4 Å². The molecule has 0 N–H and O–H groups in total. The van der Waals surface area contributed by atoms with Crippen LogP contribution >= 0.6 is 11.6 Å². The third-order valence-electron chi connectivity index (χ3n) is 0.624. The van der Waals surface area contributed by atoms with Crippen LogP contribution in [0.3, 0.4) is 0 Å². The molecule has 3 heteroatoms. The van der Waals surface area contributed by atoms with Gasteiger partial charge in [0.1, 0.15) is 5.82 Å². The molecule has 0 atom stereocenters. The average molecular weight is 133 g/mol. The molecule has 42 valence electrons. The summed E-state index contributed by atoms with van der Waals surface area (Å²) in [5, 5.41) is 0.0370. The molecule has 0 spiro atoms. The molecule has 0 aliphatic rings. The second kappa shape index (κ2) is 2.09. The molecule has 0 radical (unpaired) electrons. The van der Waals surface area contributed by atoms with E-state index < -0.39 is 5.82 Å². The Balaban J connectivity index is 3.17. The van der Waals surface area contributed by atoms with Gasteiger partial charge in [0.2, 0.25) is 0 Å². The maximum absolute atomic E-state index is 12.1. The van der Waals surface area contributed by atoms with Crippen molar-refractivity contribution >= 4 is 11.6 Å². The minimum Gasteiger partial charge on any atom is -0.260 e. The van der Waals surface area contributed by atoms with E-state index in [1.165, 1.54) is 0 Å². The molecule has 0 bridgehead atoms. The molecule has 1 aromatic rings. The Morgan fingerprint density at radius 1 is 1.88 bits per heavy atom. The first kappa shape index (κ1) is 4.27. The normalized spacial score (nSPS) is 11.0. The van der Waals surface area contributed by atoms with Crippen LogP contribution in [-0.4, -0.2) is 4.98 Å². The summed E-state index contributed by atoms with van der Waals surface area (Å²) in [4.78, 5) is 3.34. The van der Waals surface area contributed by atoms with Crippen LogP contribution < -0.4 is 0 Å². The molecule has 1 aromatic heterocycles. The zero-order valence-electron chi connectivity index (χ0n) is 4.86. The van der Waals surface area contributed by atoms with Crippen molar-refractivity contribution < 1.29 is 5.76 Å². The number of halogens is 2. The summed E-state index contributed by atoms with van der Waals surface area (Å²) in [7, 11) is 0. The number of hydrogen-bond acceptors (Lipinski definition) is 1. The number of pyridine rings is 1. The van der Waals surface area contributed by atoms with Crippen LogP contribution in [0.5, 0.6) is 0 Å². The molecular weight excluding hydrogens is 129 g/mol. The minimum absolute atomic E-state index is 0.0370. The van der Waals surface area contributed by atoms with Gasteiger partial charge in [-0.2, -0.15) is 0 Å². The van der Waals surface area contributed by atoms with Gasteiger partial charge in [-0.25, -0.2) is 4.39 Å². The Morgan fingerprint density at radius 2 is 2.62 bits per heavy atom. The topological polar surface area (TPSA) is 12.9 Å². The monoisotopic (exact) mass is 132 g/mol. The average Bonchev–Trinajstić information content (AvgIpc) is 1.80. The molecule has 1 heterocycles. The third-order valence-corrected chi connectivity index (χ3v) is 0.817. The summed E-state index contributed by atoms with van der Waals surface area (Å²) in [6, 6.07) is 1.05. The third kappa shape index (κ3) is 1.17. The molecule has 1 nitrogen and oxygen atoms in total. The van der Waals surface area contributed by atoms with Gasteiger partial charge in [0.15, 0.2) is 0 Å². The number of nitrogens with zero attached hydrogens (tertiary/aromatic N) is 1. The smallest absolute Gasteiger partial charge is 0.142 e. The first-order valence-electron chi connectivity index (χ1n) is 2.48. The standard InChI is InChI=1S/C5H3ClFN/c6-4-1-5(7)3-8-2-4/h1-3H/i2D. The van der Waals surface area contributed by atoms with Gasteiger partial charge >= 0.3 is 0 Å². The SMILES string of the molecule is [2H]c1ncc(F)cc1Cl. The predicted molar refractivity (Wildman–Crippen MR) is 29.2 cm³/mol. The molecule has 0 aliphatic carbocycles. The number of rotatable bonds is 0. The summed E-state index contributed by atoms with van der Waals surface area (Å²) >= 11 is 5.32.